The van der Waals surface area contributed by atoms with Crippen molar-refractivity contribution in [3.05, 3.63) is 77.2 Å². The molecule has 0 unspecified atom stereocenters. The molecule has 2 aromatic carbocycles. The molecule has 1 saturated heterocycles. The first kappa shape index (κ1) is 21.0. The summed E-state index contributed by atoms with van der Waals surface area (Å²) in [6.07, 6.45) is 1.86. The van der Waals surface area contributed by atoms with Crippen LogP contribution in [-0.2, 0) is 14.8 Å². The first-order chi connectivity index (χ1) is 14.0. The van der Waals surface area contributed by atoms with Crippen molar-refractivity contribution in [3.63, 3.8) is 0 Å². The van der Waals surface area contributed by atoms with E-state index in [2.05, 4.69) is 0 Å². The smallest absolute Gasteiger partial charge is 0.236 e. The van der Waals surface area contributed by atoms with Gasteiger partial charge in [0.15, 0.2) is 5.78 Å². The van der Waals surface area contributed by atoms with Crippen molar-refractivity contribution in [2.24, 2.45) is 0 Å². The number of hydrogen-bond donors (Lipinski definition) is 0. The van der Waals surface area contributed by atoms with E-state index in [1.54, 1.807) is 35.2 Å². The van der Waals surface area contributed by atoms with Crippen LogP contribution >= 0.6 is 0 Å². The van der Waals surface area contributed by atoms with Crippen molar-refractivity contribution in [1.82, 2.24) is 9.21 Å². The second-order valence-electron chi connectivity index (χ2n) is 6.83. The predicted octanol–water partition coefficient (Wildman–Crippen LogP) is 2.79. The Bertz CT molecular complexity index is 964. The zero-order valence-corrected chi connectivity index (χ0v) is 16.9. The third kappa shape index (κ3) is 5.85. The molecule has 0 bridgehead atoms. The lowest BCUT2D eigenvalue weighted by Crippen LogP contribution is -2.50. The minimum Gasteiger partial charge on any atom is -0.340 e. The normalized spacial score (nSPS) is 15.5. The van der Waals surface area contributed by atoms with Crippen LogP contribution in [0.25, 0.3) is 6.08 Å². The largest absolute Gasteiger partial charge is 0.340 e. The average molecular weight is 413 g/mol. The Morgan fingerprint density at radius 3 is 2.03 bits per heavy atom. The number of Topliss-reactive ketones (excluding diaryl/α,β-unsaturated/α-hetero) is 1. The van der Waals surface area contributed by atoms with Gasteiger partial charge in [-0.05, 0) is 11.6 Å². The molecule has 1 amide bonds. The van der Waals surface area contributed by atoms with Gasteiger partial charge in [-0.15, -0.1) is 0 Å². The van der Waals surface area contributed by atoms with Crippen LogP contribution in [0.15, 0.2) is 66.1 Å². The highest BCUT2D eigenvalue weighted by Crippen LogP contribution is 2.13. The topological polar surface area (TPSA) is 74.8 Å². The van der Waals surface area contributed by atoms with E-state index >= 15 is 0 Å². The maximum atomic E-state index is 12.5. The van der Waals surface area contributed by atoms with E-state index in [1.165, 1.54) is 9.71 Å². The number of hydrogen-bond acceptors (Lipinski definition) is 4. The molecule has 152 valence electrons. The number of amides is 1. The first-order valence-corrected chi connectivity index (χ1v) is 11.1. The molecule has 0 N–H and O–H groups in total. The van der Waals surface area contributed by atoms with Crippen LogP contribution in [0.2, 0.25) is 0 Å². The summed E-state index contributed by atoms with van der Waals surface area (Å²) >= 11 is 0. The SMILES string of the molecule is O=C(CCC(=O)N1CCN(S(=O)(=O)/C=C/c2ccccc2)CC1)c1ccccc1. The lowest BCUT2D eigenvalue weighted by molar-refractivity contribution is -0.132. The maximum Gasteiger partial charge on any atom is 0.236 e. The molecule has 0 aromatic heterocycles. The molecule has 1 heterocycles. The Kier molecular flexibility index (Phi) is 6.95. The van der Waals surface area contributed by atoms with Crippen LogP contribution in [-0.4, -0.2) is 55.5 Å². The molecule has 0 saturated carbocycles. The molecule has 0 atom stereocenters. The molecule has 1 fully saturated rings. The van der Waals surface area contributed by atoms with Crippen molar-refractivity contribution in [3.8, 4) is 0 Å². The number of ketones is 1. The highest BCUT2D eigenvalue weighted by molar-refractivity contribution is 7.92. The third-order valence-corrected chi connectivity index (χ3v) is 6.41. The lowest BCUT2D eigenvalue weighted by atomic mass is 10.1. The highest BCUT2D eigenvalue weighted by Gasteiger charge is 2.27. The summed E-state index contributed by atoms with van der Waals surface area (Å²) in [4.78, 5) is 26.2. The number of carbonyl (C=O) groups is 2. The average Bonchev–Trinajstić information content (AvgIpc) is 2.77. The molecule has 1 aliphatic heterocycles. The monoisotopic (exact) mass is 412 g/mol. The van der Waals surface area contributed by atoms with Crippen molar-refractivity contribution in [1.29, 1.82) is 0 Å². The Hall–Kier alpha value is -2.77. The van der Waals surface area contributed by atoms with E-state index in [1.807, 2.05) is 36.4 Å². The summed E-state index contributed by atoms with van der Waals surface area (Å²) in [5, 5.41) is 1.21. The van der Waals surface area contributed by atoms with Gasteiger partial charge in [0.2, 0.25) is 15.9 Å². The van der Waals surface area contributed by atoms with E-state index in [-0.39, 0.29) is 37.6 Å². The highest BCUT2D eigenvalue weighted by atomic mass is 32.2. The molecule has 29 heavy (non-hydrogen) atoms. The van der Waals surface area contributed by atoms with Gasteiger partial charge in [-0.2, -0.15) is 4.31 Å². The van der Waals surface area contributed by atoms with Gasteiger partial charge in [0.25, 0.3) is 0 Å². The van der Waals surface area contributed by atoms with Crippen molar-refractivity contribution < 1.29 is 18.0 Å². The van der Waals surface area contributed by atoms with Crippen LogP contribution in [0.5, 0.6) is 0 Å². The van der Waals surface area contributed by atoms with Gasteiger partial charge < -0.3 is 4.90 Å². The van der Waals surface area contributed by atoms with Gasteiger partial charge in [0, 0.05) is 50.0 Å². The molecular formula is C22H24N2O4S. The van der Waals surface area contributed by atoms with Crippen LogP contribution in [0.1, 0.15) is 28.8 Å². The number of nitrogens with zero attached hydrogens (tertiary/aromatic N) is 2. The predicted molar refractivity (Wildman–Crippen MR) is 113 cm³/mol. The van der Waals surface area contributed by atoms with Gasteiger partial charge in [-0.25, -0.2) is 8.42 Å². The minimum absolute atomic E-state index is 0.0637. The molecule has 1 aliphatic rings. The van der Waals surface area contributed by atoms with E-state index in [0.717, 1.165) is 5.56 Å². The Morgan fingerprint density at radius 2 is 1.41 bits per heavy atom. The molecule has 0 aliphatic carbocycles. The summed E-state index contributed by atoms with van der Waals surface area (Å²) in [7, 11) is -3.53. The fraction of sp³-hybridized carbons (Fsp3) is 0.273. The van der Waals surface area contributed by atoms with Gasteiger partial charge in [0.1, 0.15) is 0 Å². The third-order valence-electron chi connectivity index (χ3n) is 4.84. The fourth-order valence-electron chi connectivity index (χ4n) is 3.15. The Balaban J connectivity index is 1.48. The summed E-state index contributed by atoms with van der Waals surface area (Å²) in [6.45, 7) is 1.16. The van der Waals surface area contributed by atoms with Gasteiger partial charge >= 0.3 is 0 Å². The standard InChI is InChI=1S/C22H24N2O4S/c25-21(20-9-5-2-6-10-20)11-12-22(26)23-14-16-24(17-15-23)29(27,28)18-13-19-7-3-1-4-8-19/h1-10,13,18H,11-12,14-17H2/b18-13+. The maximum absolute atomic E-state index is 12.5. The number of sulfonamides is 1. The van der Waals surface area contributed by atoms with Crippen LogP contribution in [0.3, 0.4) is 0 Å². The molecular weight excluding hydrogens is 388 g/mol. The zero-order valence-electron chi connectivity index (χ0n) is 16.1. The lowest BCUT2D eigenvalue weighted by Gasteiger charge is -2.33. The van der Waals surface area contributed by atoms with Crippen LogP contribution in [0.4, 0.5) is 0 Å². The number of benzene rings is 2. The van der Waals surface area contributed by atoms with E-state index in [0.29, 0.717) is 18.7 Å². The second kappa shape index (κ2) is 9.62. The van der Waals surface area contributed by atoms with Crippen LogP contribution in [0, 0.1) is 0 Å². The van der Waals surface area contributed by atoms with E-state index < -0.39 is 10.0 Å². The fourth-order valence-corrected chi connectivity index (χ4v) is 4.33. The van der Waals surface area contributed by atoms with Crippen LogP contribution < -0.4 is 0 Å². The second-order valence-corrected chi connectivity index (χ2v) is 8.65. The molecule has 2 aromatic rings. The van der Waals surface area contributed by atoms with Crippen molar-refractivity contribution >= 4 is 27.8 Å². The van der Waals surface area contributed by atoms with Crippen molar-refractivity contribution in [2.45, 2.75) is 12.8 Å². The quantitative estimate of drug-likeness (QED) is 0.656. The Labute approximate surface area is 171 Å². The Morgan fingerprint density at radius 1 is 0.828 bits per heavy atom. The number of carbonyl (C=O) groups excluding carboxylic acids is 2. The zero-order chi connectivity index (χ0) is 20.7. The summed E-state index contributed by atoms with van der Waals surface area (Å²) in [6, 6.07) is 18.1. The summed E-state index contributed by atoms with van der Waals surface area (Å²) in [5.41, 5.74) is 1.41. The molecule has 0 radical (unpaired) electrons. The number of rotatable bonds is 7. The van der Waals surface area contributed by atoms with Gasteiger partial charge in [-0.1, -0.05) is 60.7 Å². The summed E-state index contributed by atoms with van der Waals surface area (Å²) in [5.74, 6) is -0.183. The molecule has 3 rings (SSSR count). The van der Waals surface area contributed by atoms with E-state index in [9.17, 15) is 18.0 Å². The van der Waals surface area contributed by atoms with Gasteiger partial charge in [-0.3, -0.25) is 9.59 Å². The molecule has 6 nitrogen and oxygen atoms in total. The first-order valence-electron chi connectivity index (χ1n) is 9.55. The van der Waals surface area contributed by atoms with Crippen molar-refractivity contribution in [2.75, 3.05) is 26.2 Å². The van der Waals surface area contributed by atoms with Gasteiger partial charge in [0.05, 0.1) is 0 Å². The van der Waals surface area contributed by atoms with E-state index in [4.69, 9.17) is 0 Å². The number of piperazine rings is 1. The summed E-state index contributed by atoms with van der Waals surface area (Å²) < 4.78 is 26.4. The minimum atomic E-state index is -3.53. The molecule has 7 heteroatoms. The molecule has 0 spiro atoms.